The van der Waals surface area contributed by atoms with Crippen LogP contribution in [0.3, 0.4) is 0 Å². The number of methoxy groups -OCH3 is 2. The van der Waals surface area contributed by atoms with E-state index in [0.717, 1.165) is 5.56 Å². The summed E-state index contributed by atoms with van der Waals surface area (Å²) in [7, 11) is 3.19. The summed E-state index contributed by atoms with van der Waals surface area (Å²) in [5, 5.41) is 0. The fourth-order valence-corrected chi connectivity index (χ4v) is 1.55. The average Bonchev–Trinajstić information content (AvgIpc) is 2.49. The van der Waals surface area contributed by atoms with Crippen molar-refractivity contribution in [1.82, 2.24) is 0 Å². The summed E-state index contributed by atoms with van der Waals surface area (Å²) in [6.45, 7) is 6.05. The number of carbonyl (C=O) groups excluding carboxylic acids is 1. The molecule has 0 atom stereocenters. The monoisotopic (exact) mass is 290 g/mol. The molecule has 0 aliphatic rings. The van der Waals surface area contributed by atoms with Crippen LogP contribution >= 0.6 is 0 Å². The molecular weight excluding hydrogens is 268 g/mol. The second-order valence-electron chi connectivity index (χ2n) is 5.01. The molecule has 0 saturated carbocycles. The number of ether oxygens (including phenoxy) is 3. The van der Waals surface area contributed by atoms with Crippen LogP contribution in [-0.2, 0) is 9.53 Å². The molecule has 1 rings (SSSR count). The number of benzene rings is 1. The number of esters is 1. The predicted molar refractivity (Wildman–Crippen MR) is 82.5 cm³/mol. The molecule has 4 heteroatoms. The minimum atomic E-state index is -0.359. The van der Waals surface area contributed by atoms with Crippen LogP contribution in [-0.4, -0.2) is 26.8 Å². The first kappa shape index (κ1) is 16.9. The third kappa shape index (κ3) is 5.36. The maximum atomic E-state index is 11.7. The van der Waals surface area contributed by atoms with Crippen LogP contribution in [0.15, 0.2) is 29.5 Å². The Bertz CT molecular complexity index is 552. The Morgan fingerprint density at radius 1 is 1.29 bits per heavy atom. The van der Waals surface area contributed by atoms with Crippen molar-refractivity contribution in [3.63, 3.8) is 0 Å². The number of hydrogen-bond donors (Lipinski definition) is 0. The van der Waals surface area contributed by atoms with Crippen LogP contribution in [0.4, 0.5) is 0 Å². The first-order valence-electron chi connectivity index (χ1n) is 6.80. The zero-order chi connectivity index (χ0) is 15.8. The molecule has 0 spiro atoms. The molecule has 0 unspecified atom stereocenters. The van der Waals surface area contributed by atoms with Gasteiger partial charge in [0.15, 0.2) is 0 Å². The summed E-state index contributed by atoms with van der Waals surface area (Å²) in [6.07, 6.45) is 1.69. The first-order valence-corrected chi connectivity index (χ1v) is 6.80. The topological polar surface area (TPSA) is 44.8 Å². The summed E-state index contributed by atoms with van der Waals surface area (Å²) < 4.78 is 15.6. The molecular formula is C17H22O4. The lowest BCUT2D eigenvalue weighted by molar-refractivity contribution is -0.139. The summed E-state index contributed by atoms with van der Waals surface area (Å²) in [4.78, 5) is 11.7. The third-order valence-electron chi connectivity index (χ3n) is 2.73. The van der Waals surface area contributed by atoms with E-state index in [2.05, 4.69) is 5.73 Å². The molecule has 0 radical (unpaired) electrons. The highest BCUT2D eigenvalue weighted by Gasteiger charge is 2.06. The number of hydrogen-bond acceptors (Lipinski definition) is 4. The minimum absolute atomic E-state index is 0.309. The van der Waals surface area contributed by atoms with Crippen molar-refractivity contribution < 1.29 is 19.0 Å². The van der Waals surface area contributed by atoms with Gasteiger partial charge in [0.05, 0.1) is 26.4 Å². The number of rotatable bonds is 6. The van der Waals surface area contributed by atoms with E-state index >= 15 is 0 Å². The van der Waals surface area contributed by atoms with Crippen LogP contribution in [0.1, 0.15) is 26.3 Å². The van der Waals surface area contributed by atoms with E-state index in [0.29, 0.717) is 29.6 Å². The maximum Gasteiger partial charge on any atom is 0.341 e. The number of carbonyl (C=O) groups is 1. The normalized spacial score (nSPS) is 9.81. The fourth-order valence-electron chi connectivity index (χ4n) is 1.55. The molecule has 0 aliphatic heterocycles. The Morgan fingerprint density at radius 3 is 2.57 bits per heavy atom. The summed E-state index contributed by atoms with van der Waals surface area (Å²) in [6, 6.07) is 5.43. The van der Waals surface area contributed by atoms with Gasteiger partial charge in [-0.05, 0) is 37.1 Å². The first-order chi connectivity index (χ1) is 9.97. The molecule has 0 aliphatic carbocycles. The summed E-state index contributed by atoms with van der Waals surface area (Å²) >= 11 is 0. The van der Waals surface area contributed by atoms with Gasteiger partial charge < -0.3 is 14.2 Å². The Balaban J connectivity index is 2.96. The third-order valence-corrected chi connectivity index (χ3v) is 2.73. The summed E-state index contributed by atoms with van der Waals surface area (Å²) in [5.41, 5.74) is 4.13. The van der Waals surface area contributed by atoms with E-state index in [1.807, 2.05) is 26.0 Å². The van der Waals surface area contributed by atoms with Crippen LogP contribution in [0, 0.1) is 5.92 Å². The highest BCUT2D eigenvalue weighted by Crippen LogP contribution is 2.24. The molecule has 114 valence electrons. The SMILES string of the molecule is COc1ccc(OC)c(C=C=C(C)C(=O)OCC(C)C)c1. The standard InChI is InChI=1S/C17H22O4/c1-12(2)11-21-17(18)13(3)6-7-14-10-15(19-4)8-9-16(14)20-5/h7-10,12H,11H2,1-5H3. The van der Waals surface area contributed by atoms with Crippen molar-refractivity contribution >= 4 is 12.0 Å². The molecule has 0 bridgehead atoms. The van der Waals surface area contributed by atoms with E-state index in [9.17, 15) is 4.79 Å². The van der Waals surface area contributed by atoms with Crippen LogP contribution in [0.5, 0.6) is 11.5 Å². The van der Waals surface area contributed by atoms with Gasteiger partial charge in [0.1, 0.15) is 11.5 Å². The van der Waals surface area contributed by atoms with Crippen molar-refractivity contribution in [2.75, 3.05) is 20.8 Å². The molecule has 0 N–H and O–H groups in total. The lowest BCUT2D eigenvalue weighted by Crippen LogP contribution is -2.10. The maximum absolute atomic E-state index is 11.7. The molecule has 0 amide bonds. The predicted octanol–water partition coefficient (Wildman–Crippen LogP) is 3.46. The van der Waals surface area contributed by atoms with E-state index in [-0.39, 0.29) is 5.97 Å². The van der Waals surface area contributed by atoms with Crippen molar-refractivity contribution in [3.05, 3.63) is 35.1 Å². The van der Waals surface area contributed by atoms with Crippen molar-refractivity contribution in [1.29, 1.82) is 0 Å². The van der Waals surface area contributed by atoms with Gasteiger partial charge in [-0.15, -0.1) is 5.73 Å². The van der Waals surface area contributed by atoms with Crippen LogP contribution < -0.4 is 9.47 Å². The van der Waals surface area contributed by atoms with E-state index in [1.54, 1.807) is 33.3 Å². The molecule has 0 aromatic heterocycles. The van der Waals surface area contributed by atoms with Gasteiger partial charge in [-0.3, -0.25) is 0 Å². The molecule has 0 heterocycles. The minimum Gasteiger partial charge on any atom is -0.497 e. The second kappa shape index (κ2) is 8.18. The lowest BCUT2D eigenvalue weighted by Gasteiger charge is -2.07. The quantitative estimate of drug-likeness (QED) is 0.457. The Kier molecular flexibility index (Phi) is 6.57. The molecule has 0 fully saturated rings. The van der Waals surface area contributed by atoms with Crippen molar-refractivity contribution in [2.24, 2.45) is 5.92 Å². The van der Waals surface area contributed by atoms with E-state index in [4.69, 9.17) is 14.2 Å². The Hall–Kier alpha value is -2.19. The van der Waals surface area contributed by atoms with Gasteiger partial charge in [0, 0.05) is 5.56 Å². The molecule has 21 heavy (non-hydrogen) atoms. The fraction of sp³-hybridized carbons (Fsp3) is 0.412. The Morgan fingerprint density at radius 2 is 2.00 bits per heavy atom. The average molecular weight is 290 g/mol. The zero-order valence-electron chi connectivity index (χ0n) is 13.2. The molecule has 1 aromatic rings. The van der Waals surface area contributed by atoms with Crippen molar-refractivity contribution in [3.8, 4) is 11.5 Å². The largest absolute Gasteiger partial charge is 0.497 e. The van der Waals surface area contributed by atoms with Crippen LogP contribution in [0.2, 0.25) is 0 Å². The Labute approximate surface area is 126 Å². The van der Waals surface area contributed by atoms with Gasteiger partial charge in [0.2, 0.25) is 0 Å². The van der Waals surface area contributed by atoms with E-state index < -0.39 is 0 Å². The molecule has 1 aromatic carbocycles. The highest BCUT2D eigenvalue weighted by atomic mass is 16.5. The highest BCUT2D eigenvalue weighted by molar-refractivity contribution is 5.88. The van der Waals surface area contributed by atoms with E-state index in [1.165, 1.54) is 0 Å². The zero-order valence-corrected chi connectivity index (χ0v) is 13.2. The van der Waals surface area contributed by atoms with Gasteiger partial charge in [0.25, 0.3) is 0 Å². The van der Waals surface area contributed by atoms with Gasteiger partial charge in [-0.1, -0.05) is 13.8 Å². The lowest BCUT2D eigenvalue weighted by atomic mass is 10.1. The van der Waals surface area contributed by atoms with Gasteiger partial charge >= 0.3 is 5.97 Å². The summed E-state index contributed by atoms with van der Waals surface area (Å²) in [5.74, 6) is 1.35. The van der Waals surface area contributed by atoms with Gasteiger partial charge in [-0.25, -0.2) is 4.79 Å². The second-order valence-corrected chi connectivity index (χ2v) is 5.01. The van der Waals surface area contributed by atoms with Gasteiger partial charge in [-0.2, -0.15) is 0 Å². The van der Waals surface area contributed by atoms with Crippen LogP contribution in [0.25, 0.3) is 6.08 Å². The van der Waals surface area contributed by atoms with Crippen molar-refractivity contribution in [2.45, 2.75) is 20.8 Å². The smallest absolute Gasteiger partial charge is 0.341 e. The molecule has 4 nitrogen and oxygen atoms in total. The molecule has 0 saturated heterocycles.